The SMILES string of the molecule is Oc1ccc2c(c1)CCCC(c1ccccc1)=C2c1ccc(N2CCC3(CCCNCCC3)C2)cc1. The van der Waals surface area contributed by atoms with E-state index in [2.05, 4.69) is 70.9 Å². The van der Waals surface area contributed by atoms with Gasteiger partial charge in [0, 0.05) is 18.8 Å². The Kier molecular flexibility index (Phi) is 6.58. The van der Waals surface area contributed by atoms with Gasteiger partial charge in [0.25, 0.3) is 0 Å². The summed E-state index contributed by atoms with van der Waals surface area (Å²) >= 11 is 0. The molecule has 3 aliphatic rings. The van der Waals surface area contributed by atoms with E-state index in [1.54, 1.807) is 0 Å². The van der Waals surface area contributed by atoms with Gasteiger partial charge in [0.05, 0.1) is 0 Å². The number of hydrogen-bond donors (Lipinski definition) is 2. The van der Waals surface area contributed by atoms with Crippen LogP contribution in [0.4, 0.5) is 5.69 Å². The molecule has 3 aromatic carbocycles. The molecular weight excluding hydrogens is 440 g/mol. The average Bonchev–Trinajstić information content (AvgIpc) is 3.23. The normalized spacial score (nSPS) is 20.1. The fraction of sp³-hybridized carbons (Fsp3) is 0.394. The van der Waals surface area contributed by atoms with Crippen LogP contribution < -0.4 is 10.2 Å². The molecule has 186 valence electrons. The summed E-state index contributed by atoms with van der Waals surface area (Å²) in [6.45, 7) is 4.72. The van der Waals surface area contributed by atoms with E-state index in [-0.39, 0.29) is 0 Å². The first kappa shape index (κ1) is 23.4. The summed E-state index contributed by atoms with van der Waals surface area (Å²) in [5, 5.41) is 13.8. The maximum absolute atomic E-state index is 10.2. The Morgan fingerprint density at radius 1 is 0.750 bits per heavy atom. The fourth-order valence-corrected chi connectivity index (χ4v) is 6.86. The van der Waals surface area contributed by atoms with E-state index in [0.717, 1.165) is 19.3 Å². The van der Waals surface area contributed by atoms with Crippen LogP contribution in [-0.2, 0) is 6.42 Å². The van der Waals surface area contributed by atoms with Gasteiger partial charge in [-0.15, -0.1) is 0 Å². The number of aromatic hydroxyl groups is 1. The minimum atomic E-state index is 0.361. The van der Waals surface area contributed by atoms with E-state index in [4.69, 9.17) is 0 Å². The molecule has 3 heteroatoms. The molecule has 0 aromatic heterocycles. The lowest BCUT2D eigenvalue weighted by Gasteiger charge is -2.32. The summed E-state index contributed by atoms with van der Waals surface area (Å²) in [6.07, 6.45) is 9.77. The van der Waals surface area contributed by atoms with Crippen molar-refractivity contribution in [2.75, 3.05) is 31.1 Å². The molecule has 0 unspecified atom stereocenters. The highest BCUT2D eigenvalue weighted by Gasteiger charge is 2.37. The quantitative estimate of drug-likeness (QED) is 0.423. The fourth-order valence-electron chi connectivity index (χ4n) is 6.86. The van der Waals surface area contributed by atoms with Gasteiger partial charge in [0.2, 0.25) is 0 Å². The second kappa shape index (κ2) is 10.1. The first-order chi connectivity index (χ1) is 17.7. The van der Waals surface area contributed by atoms with Gasteiger partial charge in [0.15, 0.2) is 0 Å². The standard InChI is InChI=1S/C33H38N2O/c36-29-15-16-31-27(23-29)9-4-10-30(25-7-2-1-3-8-25)32(31)26-11-13-28(14-12-26)35-22-19-33(24-35)17-5-20-34-21-6-18-33/h1-3,7-8,11-16,23,34,36H,4-6,9-10,17-22,24H2. The average molecular weight is 479 g/mol. The lowest BCUT2D eigenvalue weighted by molar-refractivity contribution is 0.245. The van der Waals surface area contributed by atoms with Crippen LogP contribution in [0.25, 0.3) is 11.1 Å². The molecule has 36 heavy (non-hydrogen) atoms. The maximum atomic E-state index is 10.2. The minimum Gasteiger partial charge on any atom is -0.508 e. The van der Waals surface area contributed by atoms with Crippen LogP contribution in [0.15, 0.2) is 72.8 Å². The summed E-state index contributed by atoms with van der Waals surface area (Å²) in [5.74, 6) is 0.361. The zero-order valence-electron chi connectivity index (χ0n) is 21.3. The number of phenols is 1. The lowest BCUT2D eigenvalue weighted by atomic mass is 9.77. The number of anilines is 1. The van der Waals surface area contributed by atoms with Crippen molar-refractivity contribution in [3.8, 4) is 5.75 Å². The monoisotopic (exact) mass is 478 g/mol. The molecule has 2 fully saturated rings. The predicted octanol–water partition coefficient (Wildman–Crippen LogP) is 7.05. The highest BCUT2D eigenvalue weighted by molar-refractivity contribution is 6.00. The van der Waals surface area contributed by atoms with E-state index < -0.39 is 0 Å². The molecule has 2 aliphatic heterocycles. The van der Waals surface area contributed by atoms with Gasteiger partial charge in [-0.1, -0.05) is 48.5 Å². The second-order valence-electron chi connectivity index (χ2n) is 11.1. The Balaban J connectivity index is 1.34. The molecule has 0 saturated carbocycles. The minimum absolute atomic E-state index is 0.361. The molecule has 0 amide bonds. The number of nitrogens with one attached hydrogen (secondary N) is 1. The first-order valence-corrected chi connectivity index (χ1v) is 13.9. The molecule has 0 bridgehead atoms. The molecule has 2 N–H and O–H groups in total. The summed E-state index contributed by atoms with van der Waals surface area (Å²) in [6, 6.07) is 26.1. The summed E-state index contributed by atoms with van der Waals surface area (Å²) in [7, 11) is 0. The van der Waals surface area contributed by atoms with Crippen molar-refractivity contribution < 1.29 is 5.11 Å². The maximum Gasteiger partial charge on any atom is 0.115 e. The highest BCUT2D eigenvalue weighted by atomic mass is 16.3. The molecule has 1 spiro atoms. The van der Waals surface area contributed by atoms with E-state index in [1.807, 2.05) is 12.1 Å². The van der Waals surface area contributed by atoms with Crippen molar-refractivity contribution >= 4 is 16.8 Å². The van der Waals surface area contributed by atoms with Crippen LogP contribution in [0.1, 0.15) is 67.2 Å². The Hall–Kier alpha value is -3.04. The molecule has 6 rings (SSSR count). The van der Waals surface area contributed by atoms with Gasteiger partial charge in [-0.25, -0.2) is 0 Å². The van der Waals surface area contributed by atoms with Gasteiger partial charge in [0.1, 0.15) is 5.75 Å². The Labute approximate surface area is 215 Å². The van der Waals surface area contributed by atoms with Crippen molar-refractivity contribution in [2.24, 2.45) is 5.41 Å². The number of fused-ring (bicyclic) bond motifs is 1. The van der Waals surface area contributed by atoms with Crippen LogP contribution in [-0.4, -0.2) is 31.3 Å². The number of aryl methyl sites for hydroxylation is 1. The number of allylic oxidation sites excluding steroid dienone is 1. The molecule has 3 nitrogen and oxygen atoms in total. The second-order valence-corrected chi connectivity index (χ2v) is 11.1. The molecule has 2 heterocycles. The van der Waals surface area contributed by atoms with Crippen molar-refractivity contribution in [1.82, 2.24) is 5.32 Å². The number of hydrogen-bond acceptors (Lipinski definition) is 3. The number of rotatable bonds is 3. The third-order valence-electron chi connectivity index (χ3n) is 8.74. The summed E-state index contributed by atoms with van der Waals surface area (Å²) < 4.78 is 0. The van der Waals surface area contributed by atoms with E-state index in [9.17, 15) is 5.11 Å². The third kappa shape index (κ3) is 4.69. The highest BCUT2D eigenvalue weighted by Crippen LogP contribution is 2.43. The van der Waals surface area contributed by atoms with Gasteiger partial charge >= 0.3 is 0 Å². The van der Waals surface area contributed by atoms with E-state index in [0.29, 0.717) is 11.2 Å². The van der Waals surface area contributed by atoms with Crippen LogP contribution >= 0.6 is 0 Å². The van der Waals surface area contributed by atoms with Crippen LogP contribution in [0.3, 0.4) is 0 Å². The number of phenolic OH excluding ortho intramolecular Hbond substituents is 1. The van der Waals surface area contributed by atoms with Crippen LogP contribution in [0, 0.1) is 5.41 Å². The van der Waals surface area contributed by atoms with Crippen molar-refractivity contribution in [3.05, 3.63) is 95.1 Å². The summed E-state index contributed by atoms with van der Waals surface area (Å²) in [5.41, 5.74) is 9.70. The Morgan fingerprint density at radius 2 is 1.53 bits per heavy atom. The van der Waals surface area contributed by atoms with Crippen molar-refractivity contribution in [1.29, 1.82) is 0 Å². The molecule has 0 radical (unpaired) electrons. The van der Waals surface area contributed by atoms with Crippen LogP contribution in [0.5, 0.6) is 5.75 Å². The smallest absolute Gasteiger partial charge is 0.115 e. The molecule has 0 atom stereocenters. The zero-order valence-corrected chi connectivity index (χ0v) is 21.3. The van der Waals surface area contributed by atoms with Gasteiger partial charge in [-0.3, -0.25) is 0 Å². The van der Waals surface area contributed by atoms with E-state index in [1.165, 1.54) is 97.4 Å². The largest absolute Gasteiger partial charge is 0.508 e. The third-order valence-corrected chi connectivity index (χ3v) is 8.74. The van der Waals surface area contributed by atoms with Gasteiger partial charge in [-0.2, -0.15) is 0 Å². The summed E-state index contributed by atoms with van der Waals surface area (Å²) in [4.78, 5) is 2.63. The van der Waals surface area contributed by atoms with Gasteiger partial charge < -0.3 is 15.3 Å². The Morgan fingerprint density at radius 3 is 2.31 bits per heavy atom. The number of benzene rings is 3. The van der Waals surface area contributed by atoms with Crippen molar-refractivity contribution in [2.45, 2.75) is 51.4 Å². The zero-order chi connectivity index (χ0) is 24.4. The Bertz CT molecular complexity index is 1220. The molecule has 2 saturated heterocycles. The van der Waals surface area contributed by atoms with Crippen LogP contribution in [0.2, 0.25) is 0 Å². The lowest BCUT2D eigenvalue weighted by Crippen LogP contribution is -2.32. The molecule has 1 aliphatic carbocycles. The van der Waals surface area contributed by atoms with Gasteiger partial charge in [-0.05, 0) is 128 Å². The molecular formula is C33H38N2O. The topological polar surface area (TPSA) is 35.5 Å². The first-order valence-electron chi connectivity index (χ1n) is 13.9. The van der Waals surface area contributed by atoms with E-state index >= 15 is 0 Å². The van der Waals surface area contributed by atoms with Crippen molar-refractivity contribution in [3.63, 3.8) is 0 Å². The molecule has 3 aromatic rings. The number of nitrogens with zero attached hydrogens (tertiary/aromatic N) is 1. The predicted molar refractivity (Wildman–Crippen MR) is 150 cm³/mol.